The van der Waals surface area contributed by atoms with Crippen molar-refractivity contribution in [3.8, 4) is 0 Å². The summed E-state index contributed by atoms with van der Waals surface area (Å²) in [6.07, 6.45) is 3.72. The van der Waals surface area contributed by atoms with Crippen LogP contribution in [0.1, 0.15) is 32.6 Å². The minimum atomic E-state index is -0.174. The zero-order valence-corrected chi connectivity index (χ0v) is 9.41. The lowest BCUT2D eigenvalue weighted by molar-refractivity contribution is -0.124. The van der Waals surface area contributed by atoms with Crippen molar-refractivity contribution in [1.29, 1.82) is 0 Å². The fraction of sp³-hybridized carbons (Fsp3) is 0.909. The van der Waals surface area contributed by atoms with Crippen LogP contribution in [0, 0.1) is 11.8 Å². The second kappa shape index (κ2) is 6.08. The average Bonchev–Trinajstić information content (AvgIpc) is 2.25. The van der Waals surface area contributed by atoms with E-state index in [1.165, 1.54) is 0 Å². The Morgan fingerprint density at radius 2 is 2.33 bits per heavy atom. The molecule has 88 valence electrons. The van der Waals surface area contributed by atoms with Crippen molar-refractivity contribution in [1.82, 2.24) is 5.32 Å². The molecule has 1 aliphatic rings. The number of aliphatic hydroxyl groups excluding tert-OH is 1. The fourth-order valence-electron chi connectivity index (χ4n) is 1.97. The Morgan fingerprint density at radius 1 is 1.60 bits per heavy atom. The first-order chi connectivity index (χ1) is 7.13. The monoisotopic (exact) mass is 214 g/mol. The topological polar surface area (TPSA) is 75.4 Å². The lowest BCUT2D eigenvalue weighted by atomic mass is 9.87. The van der Waals surface area contributed by atoms with Gasteiger partial charge in [0.1, 0.15) is 0 Å². The van der Waals surface area contributed by atoms with Gasteiger partial charge in [0.2, 0.25) is 5.91 Å². The van der Waals surface area contributed by atoms with Gasteiger partial charge in [-0.25, -0.2) is 0 Å². The third-order valence-corrected chi connectivity index (χ3v) is 3.12. The van der Waals surface area contributed by atoms with Gasteiger partial charge in [-0.05, 0) is 25.2 Å². The highest BCUT2D eigenvalue weighted by atomic mass is 16.3. The molecule has 15 heavy (non-hydrogen) atoms. The Bertz CT molecular complexity index is 209. The lowest BCUT2D eigenvalue weighted by Gasteiger charge is -2.26. The van der Waals surface area contributed by atoms with E-state index in [1.54, 1.807) is 0 Å². The van der Waals surface area contributed by atoms with Gasteiger partial charge in [-0.2, -0.15) is 0 Å². The maximum absolute atomic E-state index is 11.4. The van der Waals surface area contributed by atoms with Gasteiger partial charge in [0.05, 0.1) is 6.10 Å². The molecule has 4 heteroatoms. The van der Waals surface area contributed by atoms with Crippen LogP contribution in [0.25, 0.3) is 0 Å². The van der Waals surface area contributed by atoms with E-state index >= 15 is 0 Å². The number of amides is 1. The molecule has 1 saturated carbocycles. The van der Waals surface area contributed by atoms with Gasteiger partial charge in [0.25, 0.3) is 0 Å². The normalized spacial score (nSPS) is 28.5. The maximum Gasteiger partial charge on any atom is 0.224 e. The van der Waals surface area contributed by atoms with Crippen LogP contribution in [0.3, 0.4) is 0 Å². The highest BCUT2D eigenvalue weighted by Gasteiger charge is 2.21. The molecule has 1 amide bonds. The van der Waals surface area contributed by atoms with E-state index in [1.807, 2.05) is 6.92 Å². The minimum Gasteiger partial charge on any atom is -0.393 e. The number of carbonyl (C=O) groups is 1. The van der Waals surface area contributed by atoms with Gasteiger partial charge in [-0.1, -0.05) is 13.3 Å². The summed E-state index contributed by atoms with van der Waals surface area (Å²) in [5, 5.41) is 12.4. The van der Waals surface area contributed by atoms with Crippen LogP contribution in [-0.4, -0.2) is 30.2 Å². The molecule has 0 aromatic rings. The molecule has 0 aromatic carbocycles. The standard InChI is InChI=1S/C11H22N2O2/c1-8(6-12)11(15)13-7-9-3-2-4-10(14)5-9/h8-10,14H,2-7,12H2,1H3,(H,13,15). The summed E-state index contributed by atoms with van der Waals surface area (Å²) in [7, 11) is 0. The number of aliphatic hydroxyl groups is 1. The number of hydrogen-bond donors (Lipinski definition) is 3. The molecule has 3 atom stereocenters. The van der Waals surface area contributed by atoms with Crippen LogP contribution >= 0.6 is 0 Å². The molecule has 0 aliphatic heterocycles. The SMILES string of the molecule is CC(CN)C(=O)NCC1CCCC(O)C1. The smallest absolute Gasteiger partial charge is 0.224 e. The molecule has 0 spiro atoms. The van der Waals surface area contributed by atoms with Crippen LogP contribution in [0.5, 0.6) is 0 Å². The van der Waals surface area contributed by atoms with E-state index < -0.39 is 0 Å². The molecule has 1 aliphatic carbocycles. The van der Waals surface area contributed by atoms with E-state index in [0.717, 1.165) is 25.7 Å². The maximum atomic E-state index is 11.4. The molecule has 1 fully saturated rings. The molecule has 0 saturated heterocycles. The zero-order valence-electron chi connectivity index (χ0n) is 9.41. The van der Waals surface area contributed by atoms with E-state index in [-0.39, 0.29) is 17.9 Å². The van der Waals surface area contributed by atoms with Crippen LogP contribution in [-0.2, 0) is 4.79 Å². The average molecular weight is 214 g/mol. The predicted molar refractivity (Wildman–Crippen MR) is 59.2 cm³/mol. The molecule has 4 N–H and O–H groups in total. The molecule has 0 heterocycles. The molecule has 4 nitrogen and oxygen atoms in total. The summed E-state index contributed by atoms with van der Waals surface area (Å²) >= 11 is 0. The Morgan fingerprint density at radius 3 is 2.93 bits per heavy atom. The highest BCUT2D eigenvalue weighted by Crippen LogP contribution is 2.23. The van der Waals surface area contributed by atoms with E-state index in [4.69, 9.17) is 5.73 Å². The van der Waals surface area contributed by atoms with E-state index in [0.29, 0.717) is 19.0 Å². The van der Waals surface area contributed by atoms with E-state index in [9.17, 15) is 9.90 Å². The summed E-state index contributed by atoms with van der Waals surface area (Å²) in [6, 6.07) is 0. The van der Waals surface area contributed by atoms with Gasteiger partial charge >= 0.3 is 0 Å². The predicted octanol–water partition coefficient (Wildman–Crippen LogP) is 0.249. The van der Waals surface area contributed by atoms with Crippen molar-refractivity contribution in [3.05, 3.63) is 0 Å². The zero-order chi connectivity index (χ0) is 11.3. The fourth-order valence-corrected chi connectivity index (χ4v) is 1.97. The van der Waals surface area contributed by atoms with Crippen LogP contribution in [0.15, 0.2) is 0 Å². The van der Waals surface area contributed by atoms with Gasteiger partial charge in [0, 0.05) is 19.0 Å². The number of nitrogens with one attached hydrogen (secondary N) is 1. The van der Waals surface area contributed by atoms with Gasteiger partial charge in [0.15, 0.2) is 0 Å². The van der Waals surface area contributed by atoms with Crippen molar-refractivity contribution in [2.24, 2.45) is 17.6 Å². The number of nitrogens with two attached hydrogens (primary N) is 1. The van der Waals surface area contributed by atoms with Crippen molar-refractivity contribution >= 4 is 5.91 Å². The Hall–Kier alpha value is -0.610. The molecule has 0 bridgehead atoms. The van der Waals surface area contributed by atoms with Crippen LogP contribution in [0.2, 0.25) is 0 Å². The largest absolute Gasteiger partial charge is 0.393 e. The Kier molecular flexibility index (Phi) is 5.05. The Balaban J connectivity index is 2.21. The second-order valence-corrected chi connectivity index (χ2v) is 4.57. The summed E-state index contributed by atoms with van der Waals surface area (Å²) in [4.78, 5) is 11.4. The van der Waals surface area contributed by atoms with Crippen molar-refractivity contribution in [2.45, 2.75) is 38.7 Å². The third-order valence-electron chi connectivity index (χ3n) is 3.12. The highest BCUT2D eigenvalue weighted by molar-refractivity contribution is 5.78. The quantitative estimate of drug-likeness (QED) is 0.628. The second-order valence-electron chi connectivity index (χ2n) is 4.57. The Labute approximate surface area is 91.2 Å². The summed E-state index contributed by atoms with van der Waals surface area (Å²) in [5.74, 6) is 0.346. The first kappa shape index (κ1) is 12.5. The first-order valence-corrected chi connectivity index (χ1v) is 5.79. The molecular formula is C11H22N2O2. The molecule has 1 rings (SSSR count). The molecular weight excluding hydrogens is 192 g/mol. The van der Waals surface area contributed by atoms with Gasteiger partial charge in [-0.3, -0.25) is 4.79 Å². The third kappa shape index (κ3) is 4.18. The number of carbonyl (C=O) groups excluding carboxylic acids is 1. The first-order valence-electron chi connectivity index (χ1n) is 5.79. The number of hydrogen-bond acceptors (Lipinski definition) is 3. The van der Waals surface area contributed by atoms with Gasteiger partial charge in [-0.15, -0.1) is 0 Å². The number of rotatable bonds is 4. The molecule has 0 aromatic heterocycles. The van der Waals surface area contributed by atoms with Gasteiger partial charge < -0.3 is 16.2 Å². The van der Waals surface area contributed by atoms with Crippen LogP contribution in [0.4, 0.5) is 0 Å². The molecule has 3 unspecified atom stereocenters. The lowest BCUT2D eigenvalue weighted by Crippen LogP contribution is -2.37. The minimum absolute atomic E-state index is 0.0255. The van der Waals surface area contributed by atoms with Crippen molar-refractivity contribution in [3.63, 3.8) is 0 Å². The van der Waals surface area contributed by atoms with Crippen LogP contribution < -0.4 is 11.1 Å². The summed E-state index contributed by atoms with van der Waals surface area (Å²) in [5.41, 5.74) is 5.40. The van der Waals surface area contributed by atoms with E-state index in [2.05, 4.69) is 5.32 Å². The van der Waals surface area contributed by atoms with Crippen molar-refractivity contribution < 1.29 is 9.90 Å². The summed E-state index contributed by atoms with van der Waals surface area (Å²) < 4.78 is 0. The summed E-state index contributed by atoms with van der Waals surface area (Å²) in [6.45, 7) is 2.89. The molecule has 0 radical (unpaired) electrons. The van der Waals surface area contributed by atoms with Crippen molar-refractivity contribution in [2.75, 3.05) is 13.1 Å².